The van der Waals surface area contributed by atoms with E-state index in [1.165, 1.54) is 5.69 Å². The first-order valence-corrected chi connectivity index (χ1v) is 7.29. The minimum absolute atomic E-state index is 0.516. The van der Waals surface area contributed by atoms with Crippen molar-refractivity contribution >= 4 is 0 Å². The Labute approximate surface area is 116 Å². The molecule has 1 aliphatic rings. The first-order valence-electron chi connectivity index (χ1n) is 7.29. The van der Waals surface area contributed by atoms with Crippen molar-refractivity contribution < 1.29 is 0 Å². The number of rotatable bonds is 4. The van der Waals surface area contributed by atoms with E-state index in [1.54, 1.807) is 0 Å². The molecule has 1 aliphatic heterocycles. The Morgan fingerprint density at radius 2 is 2.21 bits per heavy atom. The second kappa shape index (κ2) is 6.44. The Morgan fingerprint density at radius 3 is 2.89 bits per heavy atom. The second-order valence-corrected chi connectivity index (χ2v) is 6.06. The minimum atomic E-state index is 0.516. The highest BCUT2D eigenvalue weighted by Gasteiger charge is 2.20. The minimum Gasteiger partial charge on any atom is -0.314 e. The van der Waals surface area contributed by atoms with Gasteiger partial charge in [0.1, 0.15) is 5.82 Å². The van der Waals surface area contributed by atoms with Crippen molar-refractivity contribution in [3.63, 3.8) is 0 Å². The van der Waals surface area contributed by atoms with Crippen LogP contribution in [-0.2, 0) is 12.8 Å². The molecule has 1 fully saturated rings. The zero-order valence-electron chi connectivity index (χ0n) is 12.6. The lowest BCUT2D eigenvalue weighted by Gasteiger charge is -2.32. The van der Waals surface area contributed by atoms with E-state index >= 15 is 0 Å². The maximum atomic E-state index is 4.74. The summed E-state index contributed by atoms with van der Waals surface area (Å²) in [6.07, 6.45) is 1.98. The van der Waals surface area contributed by atoms with Crippen LogP contribution < -0.4 is 5.32 Å². The van der Waals surface area contributed by atoms with E-state index in [0.29, 0.717) is 12.0 Å². The predicted molar refractivity (Wildman–Crippen MR) is 78.3 cm³/mol. The predicted octanol–water partition coefficient (Wildman–Crippen LogP) is 1.43. The van der Waals surface area contributed by atoms with Gasteiger partial charge in [-0.3, -0.25) is 0 Å². The van der Waals surface area contributed by atoms with E-state index in [4.69, 9.17) is 4.98 Å². The van der Waals surface area contributed by atoms with Crippen molar-refractivity contribution in [2.75, 3.05) is 26.7 Å². The summed E-state index contributed by atoms with van der Waals surface area (Å²) < 4.78 is 0. The van der Waals surface area contributed by atoms with E-state index in [-0.39, 0.29) is 0 Å². The molecule has 1 aromatic rings. The van der Waals surface area contributed by atoms with Crippen LogP contribution in [-0.4, -0.2) is 47.6 Å². The summed E-state index contributed by atoms with van der Waals surface area (Å²) in [5.74, 6) is 1.64. The number of aromatic nitrogens is 2. The fraction of sp³-hybridized carbons (Fsp3) is 0.733. The number of hydrogen-bond donors (Lipinski definition) is 1. The molecule has 2 heterocycles. The lowest BCUT2D eigenvalue weighted by Crippen LogP contribution is -2.50. The molecule has 0 amide bonds. The SMILES string of the molecule is Cc1cc(CC(C)C)nc(CC2CNCCN2C)n1. The van der Waals surface area contributed by atoms with Gasteiger partial charge in [-0.15, -0.1) is 0 Å². The molecule has 1 N–H and O–H groups in total. The number of hydrogen-bond acceptors (Lipinski definition) is 4. The second-order valence-electron chi connectivity index (χ2n) is 6.06. The molecule has 0 spiro atoms. The Kier molecular flexibility index (Phi) is 4.88. The van der Waals surface area contributed by atoms with Crippen LogP contribution in [0.3, 0.4) is 0 Å². The van der Waals surface area contributed by atoms with E-state index < -0.39 is 0 Å². The lowest BCUT2D eigenvalue weighted by atomic mass is 10.1. The van der Waals surface area contributed by atoms with Crippen molar-refractivity contribution in [1.82, 2.24) is 20.2 Å². The molecule has 106 valence electrons. The molecule has 1 aromatic heterocycles. The van der Waals surface area contributed by atoms with Crippen LogP contribution in [0.5, 0.6) is 0 Å². The maximum absolute atomic E-state index is 4.74. The summed E-state index contributed by atoms with van der Waals surface area (Å²) in [5.41, 5.74) is 2.27. The van der Waals surface area contributed by atoms with Crippen LogP contribution >= 0.6 is 0 Å². The average Bonchev–Trinajstić information content (AvgIpc) is 2.30. The first kappa shape index (κ1) is 14.4. The summed E-state index contributed by atoms with van der Waals surface area (Å²) in [6.45, 7) is 9.76. The smallest absolute Gasteiger partial charge is 0.130 e. The zero-order chi connectivity index (χ0) is 13.8. The van der Waals surface area contributed by atoms with Crippen LogP contribution in [0.25, 0.3) is 0 Å². The fourth-order valence-electron chi connectivity index (χ4n) is 2.62. The van der Waals surface area contributed by atoms with Crippen molar-refractivity contribution in [2.45, 2.75) is 39.7 Å². The molecular weight excluding hydrogens is 236 g/mol. The third-order valence-corrected chi connectivity index (χ3v) is 3.63. The van der Waals surface area contributed by atoms with Crippen molar-refractivity contribution in [3.05, 3.63) is 23.3 Å². The highest BCUT2D eigenvalue weighted by atomic mass is 15.2. The Balaban J connectivity index is 2.08. The van der Waals surface area contributed by atoms with Gasteiger partial charge in [-0.1, -0.05) is 13.8 Å². The van der Waals surface area contributed by atoms with E-state index in [1.807, 2.05) is 0 Å². The molecule has 4 heteroatoms. The van der Waals surface area contributed by atoms with Crippen molar-refractivity contribution in [3.8, 4) is 0 Å². The molecule has 0 aromatic carbocycles. The molecule has 1 saturated heterocycles. The van der Waals surface area contributed by atoms with Crippen LogP contribution in [0.1, 0.15) is 31.1 Å². The number of piperazine rings is 1. The van der Waals surface area contributed by atoms with Gasteiger partial charge in [-0.05, 0) is 32.4 Å². The average molecular weight is 262 g/mol. The monoisotopic (exact) mass is 262 g/mol. The number of aryl methyl sites for hydroxylation is 1. The van der Waals surface area contributed by atoms with Crippen LogP contribution in [0, 0.1) is 12.8 Å². The summed E-state index contributed by atoms with van der Waals surface area (Å²) in [7, 11) is 2.19. The van der Waals surface area contributed by atoms with Gasteiger partial charge in [0.25, 0.3) is 0 Å². The summed E-state index contributed by atoms with van der Waals surface area (Å²) in [5, 5.41) is 3.45. The molecule has 19 heavy (non-hydrogen) atoms. The van der Waals surface area contributed by atoms with Crippen molar-refractivity contribution in [1.29, 1.82) is 0 Å². The molecule has 0 bridgehead atoms. The zero-order valence-corrected chi connectivity index (χ0v) is 12.6. The molecule has 4 nitrogen and oxygen atoms in total. The maximum Gasteiger partial charge on any atom is 0.130 e. The van der Waals surface area contributed by atoms with Gasteiger partial charge in [-0.25, -0.2) is 9.97 Å². The van der Waals surface area contributed by atoms with Crippen LogP contribution in [0.2, 0.25) is 0 Å². The van der Waals surface area contributed by atoms with Crippen LogP contribution in [0.4, 0.5) is 0 Å². The normalized spacial score (nSPS) is 21.0. The quantitative estimate of drug-likeness (QED) is 0.891. The van der Waals surface area contributed by atoms with Gasteiger partial charge in [-0.2, -0.15) is 0 Å². The third kappa shape index (κ3) is 4.25. The summed E-state index contributed by atoms with van der Waals surface area (Å²) in [4.78, 5) is 11.7. The third-order valence-electron chi connectivity index (χ3n) is 3.63. The summed E-state index contributed by atoms with van der Waals surface area (Å²) in [6, 6.07) is 2.63. The van der Waals surface area contributed by atoms with Gasteiger partial charge in [0.2, 0.25) is 0 Å². The van der Waals surface area contributed by atoms with Gasteiger partial charge >= 0.3 is 0 Å². The van der Waals surface area contributed by atoms with Gasteiger partial charge in [0.15, 0.2) is 0 Å². The first-order chi connectivity index (χ1) is 9.04. The molecule has 1 atom stereocenters. The molecular formula is C15H26N4. The Bertz CT molecular complexity index is 417. The molecule has 0 aliphatic carbocycles. The lowest BCUT2D eigenvalue weighted by molar-refractivity contribution is 0.197. The van der Waals surface area contributed by atoms with Crippen molar-refractivity contribution in [2.24, 2.45) is 5.92 Å². The van der Waals surface area contributed by atoms with Gasteiger partial charge in [0.05, 0.1) is 0 Å². The number of nitrogens with one attached hydrogen (secondary N) is 1. The molecule has 2 rings (SSSR count). The highest BCUT2D eigenvalue weighted by Crippen LogP contribution is 2.11. The standard InChI is InChI=1S/C15H26N4/c1-11(2)7-13-8-12(3)17-15(18-13)9-14-10-16-5-6-19(14)4/h8,11,14,16H,5-7,9-10H2,1-4H3. The fourth-order valence-corrected chi connectivity index (χ4v) is 2.62. The molecule has 1 unspecified atom stereocenters. The van der Waals surface area contributed by atoms with Gasteiger partial charge < -0.3 is 10.2 Å². The highest BCUT2D eigenvalue weighted by molar-refractivity contribution is 5.11. The Hall–Kier alpha value is -1.00. The summed E-state index contributed by atoms with van der Waals surface area (Å²) >= 11 is 0. The largest absolute Gasteiger partial charge is 0.314 e. The van der Waals surface area contributed by atoms with Gasteiger partial charge in [0, 0.05) is 43.5 Å². The van der Waals surface area contributed by atoms with Crippen LogP contribution in [0.15, 0.2) is 6.07 Å². The number of nitrogens with zero attached hydrogens (tertiary/aromatic N) is 3. The van der Waals surface area contributed by atoms with E-state index in [2.05, 4.69) is 49.1 Å². The van der Waals surface area contributed by atoms with E-state index in [0.717, 1.165) is 44.0 Å². The topological polar surface area (TPSA) is 41.1 Å². The number of likely N-dealkylation sites (N-methyl/N-ethyl adjacent to an activating group) is 1. The van der Waals surface area contributed by atoms with E-state index in [9.17, 15) is 0 Å². The Morgan fingerprint density at radius 1 is 1.42 bits per heavy atom. The molecule has 0 saturated carbocycles. The molecule has 0 radical (unpaired) electrons.